The lowest BCUT2D eigenvalue weighted by Crippen LogP contribution is -2.27. The molecule has 10 nitrogen and oxygen atoms in total. The van der Waals surface area contributed by atoms with Gasteiger partial charge >= 0.3 is 6.09 Å². The number of carbonyl (C=O) groups excluding carboxylic acids is 2. The van der Waals surface area contributed by atoms with Gasteiger partial charge in [0.2, 0.25) is 5.91 Å². The number of rotatable bonds is 7. The van der Waals surface area contributed by atoms with E-state index in [4.69, 9.17) is 9.47 Å². The molecule has 10 heteroatoms. The summed E-state index contributed by atoms with van der Waals surface area (Å²) in [5.41, 5.74) is 1.07. The number of anilines is 1. The van der Waals surface area contributed by atoms with E-state index in [0.717, 1.165) is 15.8 Å². The molecular weight excluding hydrogens is 476 g/mol. The van der Waals surface area contributed by atoms with Crippen molar-refractivity contribution in [3.05, 3.63) is 94.0 Å². The second-order valence-corrected chi connectivity index (χ2v) is 9.34. The maximum absolute atomic E-state index is 12.8. The third kappa shape index (κ3) is 6.49. The van der Waals surface area contributed by atoms with Gasteiger partial charge in [0.25, 0.3) is 5.69 Å². The van der Waals surface area contributed by atoms with Crippen molar-refractivity contribution in [2.24, 2.45) is 0 Å². The fourth-order valence-electron chi connectivity index (χ4n) is 3.56. The van der Waals surface area contributed by atoms with Gasteiger partial charge in [-0.15, -0.1) is 5.10 Å². The molecule has 0 aliphatic rings. The molecule has 37 heavy (non-hydrogen) atoms. The number of nitro benzene ring substituents is 1. The molecule has 0 aliphatic heterocycles. The van der Waals surface area contributed by atoms with Gasteiger partial charge in [-0.05, 0) is 50.1 Å². The van der Waals surface area contributed by atoms with Crippen LogP contribution in [0.15, 0.2) is 72.8 Å². The Morgan fingerprint density at radius 1 is 1.00 bits per heavy atom. The van der Waals surface area contributed by atoms with Crippen molar-refractivity contribution in [3.63, 3.8) is 0 Å². The van der Waals surface area contributed by atoms with Crippen LogP contribution in [0.3, 0.4) is 0 Å². The summed E-state index contributed by atoms with van der Waals surface area (Å²) in [6, 6.07) is 20.8. The summed E-state index contributed by atoms with van der Waals surface area (Å²) in [5, 5.41) is 18.4. The lowest BCUT2D eigenvalue weighted by Gasteiger charge is -2.19. The molecule has 0 unspecified atom stereocenters. The molecule has 190 valence electrons. The first-order valence-corrected chi connectivity index (χ1v) is 11.5. The van der Waals surface area contributed by atoms with E-state index >= 15 is 0 Å². The Labute approximate surface area is 213 Å². The van der Waals surface area contributed by atoms with Crippen molar-refractivity contribution in [2.45, 2.75) is 39.4 Å². The fourth-order valence-corrected chi connectivity index (χ4v) is 3.56. The summed E-state index contributed by atoms with van der Waals surface area (Å²) in [4.78, 5) is 36.2. The number of fused-ring (bicyclic) bond motifs is 1. The first-order chi connectivity index (χ1) is 17.6. The highest BCUT2D eigenvalue weighted by atomic mass is 16.6. The number of benzene rings is 3. The first kappa shape index (κ1) is 25.4. The summed E-state index contributed by atoms with van der Waals surface area (Å²) in [6.45, 7) is 5.56. The maximum Gasteiger partial charge on any atom is 0.435 e. The minimum atomic E-state index is -0.781. The molecule has 0 spiro atoms. The van der Waals surface area contributed by atoms with Crippen LogP contribution in [0.5, 0.6) is 5.75 Å². The zero-order valence-corrected chi connectivity index (χ0v) is 20.6. The molecule has 1 heterocycles. The fraction of sp³-hybridized carbons (Fsp3) is 0.222. The summed E-state index contributed by atoms with van der Waals surface area (Å²) in [7, 11) is 0. The lowest BCUT2D eigenvalue weighted by molar-refractivity contribution is -0.384. The number of aromatic nitrogens is 2. The van der Waals surface area contributed by atoms with E-state index in [0.29, 0.717) is 12.4 Å². The third-order valence-corrected chi connectivity index (χ3v) is 5.23. The van der Waals surface area contributed by atoms with Crippen molar-refractivity contribution in [2.75, 3.05) is 5.32 Å². The topological polar surface area (TPSA) is 126 Å². The summed E-state index contributed by atoms with van der Waals surface area (Å²) in [5.74, 6) is 0.292. The molecule has 0 bridgehead atoms. The molecule has 0 saturated carbocycles. The van der Waals surface area contributed by atoms with Gasteiger partial charge in [0, 0.05) is 12.1 Å². The quantitative estimate of drug-likeness (QED) is 0.262. The van der Waals surface area contributed by atoms with Gasteiger partial charge in [0.05, 0.1) is 22.2 Å². The molecule has 3 aromatic carbocycles. The smallest absolute Gasteiger partial charge is 0.435 e. The lowest BCUT2D eigenvalue weighted by atomic mass is 10.1. The molecule has 1 aromatic heterocycles. The van der Waals surface area contributed by atoms with Crippen LogP contribution in [0.25, 0.3) is 10.9 Å². The molecule has 0 saturated heterocycles. The monoisotopic (exact) mass is 502 g/mol. The van der Waals surface area contributed by atoms with Gasteiger partial charge in [-0.3, -0.25) is 14.9 Å². The molecule has 0 radical (unpaired) electrons. The number of nitrogens with zero attached hydrogens (tertiary/aromatic N) is 3. The van der Waals surface area contributed by atoms with Crippen molar-refractivity contribution in [3.8, 4) is 5.75 Å². The van der Waals surface area contributed by atoms with Crippen molar-refractivity contribution in [1.29, 1.82) is 0 Å². The van der Waals surface area contributed by atoms with Crippen LogP contribution in [0.1, 0.15) is 31.9 Å². The third-order valence-electron chi connectivity index (χ3n) is 5.23. The van der Waals surface area contributed by atoms with E-state index in [-0.39, 0.29) is 28.8 Å². The first-order valence-electron chi connectivity index (χ1n) is 11.5. The number of nitrogens with one attached hydrogen (secondary N) is 1. The van der Waals surface area contributed by atoms with Crippen LogP contribution in [-0.2, 0) is 22.6 Å². The number of hydrogen-bond donors (Lipinski definition) is 1. The van der Waals surface area contributed by atoms with E-state index in [9.17, 15) is 19.7 Å². The molecule has 0 fully saturated rings. The van der Waals surface area contributed by atoms with Crippen molar-refractivity contribution in [1.82, 2.24) is 9.78 Å². The predicted octanol–water partition coefficient (Wildman–Crippen LogP) is 5.49. The maximum atomic E-state index is 12.8. The predicted molar refractivity (Wildman–Crippen MR) is 138 cm³/mol. The minimum Gasteiger partial charge on any atom is -0.489 e. The highest BCUT2D eigenvalue weighted by molar-refractivity contribution is 6.03. The second-order valence-electron chi connectivity index (χ2n) is 9.34. The Morgan fingerprint density at radius 2 is 1.70 bits per heavy atom. The van der Waals surface area contributed by atoms with Crippen LogP contribution >= 0.6 is 0 Å². The van der Waals surface area contributed by atoms with E-state index < -0.39 is 22.5 Å². The number of non-ortho nitro benzene ring substituents is 1. The molecule has 4 rings (SSSR count). The second kappa shape index (κ2) is 10.5. The zero-order valence-electron chi connectivity index (χ0n) is 20.6. The Hall–Kier alpha value is -4.73. The van der Waals surface area contributed by atoms with Gasteiger partial charge in [0.1, 0.15) is 18.0 Å². The van der Waals surface area contributed by atoms with E-state index in [1.165, 1.54) is 18.2 Å². The van der Waals surface area contributed by atoms with E-state index in [2.05, 4.69) is 10.4 Å². The molecular formula is C27H26N4O6. The Morgan fingerprint density at radius 3 is 2.35 bits per heavy atom. The number of carbonyl (C=O) groups is 2. The Balaban J connectivity index is 1.49. The molecule has 0 aliphatic carbocycles. The van der Waals surface area contributed by atoms with Gasteiger partial charge in [-0.2, -0.15) is 4.68 Å². The molecule has 4 aromatic rings. The SMILES string of the molecule is CC(C)(C)OC(=O)n1nc(NC(=O)Cc2ccc(OCc3ccccc3)cc2)c2cc([N+](=O)[O-])ccc21. The number of ether oxygens (including phenoxy) is 2. The largest absolute Gasteiger partial charge is 0.489 e. The van der Waals surface area contributed by atoms with E-state index in [1.54, 1.807) is 45.0 Å². The highest BCUT2D eigenvalue weighted by Gasteiger charge is 2.24. The average Bonchev–Trinajstić information content (AvgIpc) is 3.21. The molecule has 1 amide bonds. The zero-order chi connectivity index (χ0) is 26.6. The van der Waals surface area contributed by atoms with Crippen LogP contribution in [0.4, 0.5) is 16.3 Å². The number of amides is 1. The average molecular weight is 503 g/mol. The Kier molecular flexibility index (Phi) is 7.19. The number of nitro groups is 1. The Bertz CT molecular complexity index is 1440. The van der Waals surface area contributed by atoms with Gasteiger partial charge in [0.15, 0.2) is 5.82 Å². The van der Waals surface area contributed by atoms with Crippen LogP contribution in [0, 0.1) is 10.1 Å². The van der Waals surface area contributed by atoms with Gasteiger partial charge < -0.3 is 14.8 Å². The van der Waals surface area contributed by atoms with E-state index in [1.807, 2.05) is 30.3 Å². The van der Waals surface area contributed by atoms with Crippen molar-refractivity contribution >= 4 is 34.4 Å². The van der Waals surface area contributed by atoms with Crippen LogP contribution in [-0.4, -0.2) is 32.3 Å². The normalized spacial score (nSPS) is 11.2. The van der Waals surface area contributed by atoms with Crippen LogP contribution < -0.4 is 10.1 Å². The minimum absolute atomic E-state index is 0.0225. The summed E-state index contributed by atoms with van der Waals surface area (Å²) < 4.78 is 12.1. The van der Waals surface area contributed by atoms with Crippen LogP contribution in [0.2, 0.25) is 0 Å². The summed E-state index contributed by atoms with van der Waals surface area (Å²) >= 11 is 0. The van der Waals surface area contributed by atoms with Crippen molar-refractivity contribution < 1.29 is 24.0 Å². The molecule has 1 N–H and O–H groups in total. The highest BCUT2D eigenvalue weighted by Crippen LogP contribution is 2.28. The number of hydrogen-bond acceptors (Lipinski definition) is 7. The molecule has 0 atom stereocenters. The summed E-state index contributed by atoms with van der Waals surface area (Å²) in [6.07, 6.45) is -0.743. The van der Waals surface area contributed by atoms with Gasteiger partial charge in [-0.25, -0.2) is 4.79 Å². The van der Waals surface area contributed by atoms with Gasteiger partial charge in [-0.1, -0.05) is 42.5 Å². The standard InChI is InChI=1S/C27H26N4O6/c1-27(2,3)37-26(33)30-23-14-11-20(31(34)35)16-22(23)25(29-30)28-24(32)15-18-9-12-21(13-10-18)36-17-19-7-5-4-6-8-19/h4-14,16H,15,17H2,1-3H3,(H,28,29,32).